The molecule has 1 saturated heterocycles. The third kappa shape index (κ3) is 3.03. The maximum Gasteiger partial charge on any atom is 0.107 e. The van der Waals surface area contributed by atoms with Crippen LogP contribution in [-0.4, -0.2) is 43.3 Å². The number of hydrogen-bond acceptors (Lipinski definition) is 4. The number of ether oxygens (including phenoxy) is 1. The first-order valence-corrected chi connectivity index (χ1v) is 7.13. The smallest absolute Gasteiger partial charge is 0.107 e. The van der Waals surface area contributed by atoms with Gasteiger partial charge in [-0.2, -0.15) is 5.26 Å². The van der Waals surface area contributed by atoms with E-state index in [0.717, 1.165) is 45.3 Å². The Labute approximate surface area is 110 Å². The van der Waals surface area contributed by atoms with Crippen molar-refractivity contribution in [2.45, 2.75) is 50.2 Å². The highest BCUT2D eigenvalue weighted by molar-refractivity contribution is 5.11. The van der Waals surface area contributed by atoms with Crippen LogP contribution in [0.1, 0.15) is 38.5 Å². The van der Waals surface area contributed by atoms with E-state index in [1.165, 1.54) is 12.8 Å². The molecule has 1 saturated carbocycles. The molecule has 0 radical (unpaired) electrons. The fourth-order valence-corrected chi connectivity index (χ4v) is 3.40. The summed E-state index contributed by atoms with van der Waals surface area (Å²) in [6, 6.07) is 2.33. The summed E-state index contributed by atoms with van der Waals surface area (Å²) < 4.78 is 5.44. The van der Waals surface area contributed by atoms with E-state index in [1.54, 1.807) is 7.11 Å². The fourth-order valence-electron chi connectivity index (χ4n) is 3.40. The summed E-state index contributed by atoms with van der Waals surface area (Å²) in [6.07, 6.45) is 6.93. The van der Waals surface area contributed by atoms with Crippen molar-refractivity contribution in [3.63, 3.8) is 0 Å². The first-order chi connectivity index (χ1) is 8.68. The van der Waals surface area contributed by atoms with Gasteiger partial charge in [0.1, 0.15) is 5.54 Å². The molecule has 2 rings (SSSR count). The van der Waals surface area contributed by atoms with Gasteiger partial charge in [-0.1, -0.05) is 6.42 Å². The van der Waals surface area contributed by atoms with Gasteiger partial charge in [0, 0.05) is 13.7 Å². The average Bonchev–Trinajstić information content (AvgIpc) is 2.79. The molecular formula is C14H25N3O. The van der Waals surface area contributed by atoms with E-state index < -0.39 is 5.54 Å². The van der Waals surface area contributed by atoms with Gasteiger partial charge < -0.3 is 15.4 Å². The van der Waals surface area contributed by atoms with Crippen LogP contribution in [0.5, 0.6) is 0 Å². The van der Waals surface area contributed by atoms with Crippen molar-refractivity contribution in [1.29, 1.82) is 5.26 Å². The topological polar surface area (TPSA) is 62.3 Å². The van der Waals surface area contributed by atoms with Crippen LogP contribution in [0.3, 0.4) is 0 Å². The van der Waals surface area contributed by atoms with Crippen molar-refractivity contribution < 1.29 is 4.74 Å². The molecule has 1 aliphatic heterocycles. The highest BCUT2D eigenvalue weighted by Gasteiger charge is 2.39. The summed E-state index contributed by atoms with van der Waals surface area (Å²) >= 11 is 0. The minimum absolute atomic E-state index is 0.380. The number of methoxy groups -OCH3 is 1. The Balaban J connectivity index is 1.79. The highest BCUT2D eigenvalue weighted by Crippen LogP contribution is 2.35. The van der Waals surface area contributed by atoms with Gasteiger partial charge in [-0.15, -0.1) is 0 Å². The molecule has 0 bridgehead atoms. The number of nitriles is 1. The molecule has 0 aromatic carbocycles. The molecule has 1 heterocycles. The summed E-state index contributed by atoms with van der Waals surface area (Å²) in [7, 11) is 1.80. The molecule has 0 aromatic rings. The van der Waals surface area contributed by atoms with Crippen molar-refractivity contribution in [2.75, 3.05) is 26.7 Å². The summed E-state index contributed by atoms with van der Waals surface area (Å²) in [5.74, 6) is 0.380. The maximum atomic E-state index is 9.20. The molecule has 0 amide bonds. The lowest BCUT2D eigenvalue weighted by molar-refractivity contribution is 0.0290. The third-order valence-electron chi connectivity index (χ3n) is 4.67. The largest absolute Gasteiger partial charge is 0.380 e. The van der Waals surface area contributed by atoms with Crippen LogP contribution in [0, 0.1) is 17.2 Å². The second-order valence-electron chi connectivity index (χ2n) is 5.83. The SMILES string of the molecule is COC1CCCN(CCC2CCCC2(N)C#N)C1. The van der Waals surface area contributed by atoms with Gasteiger partial charge >= 0.3 is 0 Å². The fraction of sp³-hybridized carbons (Fsp3) is 0.929. The second kappa shape index (κ2) is 6.01. The van der Waals surface area contributed by atoms with Crippen molar-refractivity contribution in [3.05, 3.63) is 0 Å². The van der Waals surface area contributed by atoms with Gasteiger partial charge in [0.05, 0.1) is 12.2 Å². The molecule has 2 aliphatic rings. The lowest BCUT2D eigenvalue weighted by atomic mass is 9.87. The van der Waals surface area contributed by atoms with Crippen LogP contribution >= 0.6 is 0 Å². The number of nitrogens with zero attached hydrogens (tertiary/aromatic N) is 2. The minimum atomic E-state index is -0.559. The van der Waals surface area contributed by atoms with Crippen molar-refractivity contribution in [1.82, 2.24) is 4.90 Å². The lowest BCUT2D eigenvalue weighted by Crippen LogP contribution is -2.45. The van der Waals surface area contributed by atoms with Crippen molar-refractivity contribution in [2.24, 2.45) is 11.7 Å². The van der Waals surface area contributed by atoms with Crippen LogP contribution in [-0.2, 0) is 4.74 Å². The Hall–Kier alpha value is -0.630. The van der Waals surface area contributed by atoms with Crippen LogP contribution in [0.15, 0.2) is 0 Å². The highest BCUT2D eigenvalue weighted by atomic mass is 16.5. The Morgan fingerprint density at radius 3 is 3.00 bits per heavy atom. The number of nitrogens with two attached hydrogens (primary N) is 1. The van der Waals surface area contributed by atoms with E-state index in [0.29, 0.717) is 12.0 Å². The first kappa shape index (κ1) is 13.8. The van der Waals surface area contributed by atoms with Gasteiger partial charge in [0.25, 0.3) is 0 Å². The maximum absolute atomic E-state index is 9.20. The van der Waals surface area contributed by atoms with E-state index >= 15 is 0 Å². The molecule has 2 fully saturated rings. The molecule has 3 unspecified atom stereocenters. The van der Waals surface area contributed by atoms with Gasteiger partial charge in [0.2, 0.25) is 0 Å². The average molecular weight is 251 g/mol. The summed E-state index contributed by atoms with van der Waals surface area (Å²) in [4.78, 5) is 2.47. The summed E-state index contributed by atoms with van der Waals surface area (Å²) in [5.41, 5.74) is 5.61. The van der Waals surface area contributed by atoms with Crippen molar-refractivity contribution in [3.8, 4) is 6.07 Å². The normalized spacial score (nSPS) is 37.6. The van der Waals surface area contributed by atoms with Crippen LogP contribution < -0.4 is 5.73 Å². The molecule has 18 heavy (non-hydrogen) atoms. The zero-order valence-corrected chi connectivity index (χ0v) is 11.4. The number of piperidine rings is 1. The third-order valence-corrected chi connectivity index (χ3v) is 4.67. The summed E-state index contributed by atoms with van der Waals surface area (Å²) in [6.45, 7) is 3.26. The zero-order valence-electron chi connectivity index (χ0n) is 11.4. The predicted molar refractivity (Wildman–Crippen MR) is 71.0 cm³/mol. The second-order valence-corrected chi connectivity index (χ2v) is 5.83. The summed E-state index contributed by atoms with van der Waals surface area (Å²) in [5, 5.41) is 9.20. The Bertz CT molecular complexity index is 315. The molecule has 4 heteroatoms. The number of hydrogen-bond donors (Lipinski definition) is 1. The minimum Gasteiger partial charge on any atom is -0.380 e. The van der Waals surface area contributed by atoms with Crippen LogP contribution in [0.4, 0.5) is 0 Å². The number of likely N-dealkylation sites (tertiary alicyclic amines) is 1. The molecule has 102 valence electrons. The molecule has 3 atom stereocenters. The van der Waals surface area contributed by atoms with Crippen LogP contribution in [0.25, 0.3) is 0 Å². The van der Waals surface area contributed by atoms with Gasteiger partial charge in [-0.3, -0.25) is 0 Å². The van der Waals surface area contributed by atoms with Crippen LogP contribution in [0.2, 0.25) is 0 Å². The molecule has 0 aromatic heterocycles. The van der Waals surface area contributed by atoms with E-state index in [4.69, 9.17) is 10.5 Å². The van der Waals surface area contributed by atoms with E-state index in [1.807, 2.05) is 0 Å². The van der Waals surface area contributed by atoms with E-state index in [-0.39, 0.29) is 0 Å². The molecule has 4 nitrogen and oxygen atoms in total. The van der Waals surface area contributed by atoms with Gasteiger partial charge in [-0.25, -0.2) is 0 Å². The lowest BCUT2D eigenvalue weighted by Gasteiger charge is -2.33. The van der Waals surface area contributed by atoms with E-state index in [9.17, 15) is 5.26 Å². The van der Waals surface area contributed by atoms with Crippen molar-refractivity contribution >= 4 is 0 Å². The Morgan fingerprint density at radius 2 is 2.28 bits per heavy atom. The Morgan fingerprint density at radius 1 is 1.44 bits per heavy atom. The quantitative estimate of drug-likeness (QED) is 0.822. The van der Waals surface area contributed by atoms with Gasteiger partial charge in [0.15, 0.2) is 0 Å². The monoisotopic (exact) mass is 251 g/mol. The standard InChI is InChI=1S/C14H25N3O/c1-18-13-5-3-8-17(10-13)9-6-12-4-2-7-14(12,16)11-15/h12-13H,2-10,16H2,1H3. The van der Waals surface area contributed by atoms with Gasteiger partial charge in [-0.05, 0) is 51.1 Å². The van der Waals surface area contributed by atoms with E-state index in [2.05, 4.69) is 11.0 Å². The number of rotatable bonds is 4. The Kier molecular flexibility index (Phi) is 4.60. The molecule has 1 aliphatic carbocycles. The predicted octanol–water partition coefficient (Wildman–Crippen LogP) is 1.51. The molecule has 0 spiro atoms. The zero-order chi connectivity index (χ0) is 13.0. The molecular weight excluding hydrogens is 226 g/mol. The first-order valence-electron chi connectivity index (χ1n) is 7.13. The molecule has 2 N–H and O–H groups in total.